The lowest BCUT2D eigenvalue weighted by atomic mass is 10.1. The van der Waals surface area contributed by atoms with E-state index < -0.39 is 0 Å². The quantitative estimate of drug-likeness (QED) is 0.603. The number of ether oxygens (including phenoxy) is 2. The Morgan fingerprint density at radius 2 is 1.52 bits per heavy atom. The standard InChI is InChI=1S/C22H24N4O3/c1-4-15-5-8-17(9-6-15)23-20-11-12-21(26-25-20)24-22(27)14-16-7-10-18(28-2)19(13-16)29-3/h5-13H,4,14H2,1-3H3,(H,23,25)(H,24,26,27). The van der Waals surface area contributed by atoms with Gasteiger partial charge in [-0.05, 0) is 53.9 Å². The van der Waals surface area contributed by atoms with Gasteiger partial charge in [0, 0.05) is 5.69 Å². The molecule has 1 heterocycles. The van der Waals surface area contributed by atoms with Gasteiger partial charge in [-0.1, -0.05) is 25.1 Å². The Morgan fingerprint density at radius 1 is 0.862 bits per heavy atom. The maximum Gasteiger partial charge on any atom is 0.229 e. The van der Waals surface area contributed by atoms with E-state index in [1.807, 2.05) is 18.2 Å². The Bertz CT molecular complexity index is 957. The number of methoxy groups -OCH3 is 2. The Balaban J connectivity index is 1.58. The Labute approximate surface area is 170 Å². The molecule has 7 heteroatoms. The van der Waals surface area contributed by atoms with Gasteiger partial charge in [-0.3, -0.25) is 4.79 Å². The number of carbonyl (C=O) groups is 1. The molecule has 0 radical (unpaired) electrons. The van der Waals surface area contributed by atoms with Gasteiger partial charge >= 0.3 is 0 Å². The van der Waals surface area contributed by atoms with Crippen LogP contribution in [0.15, 0.2) is 54.6 Å². The molecule has 0 aliphatic heterocycles. The monoisotopic (exact) mass is 392 g/mol. The van der Waals surface area contributed by atoms with Crippen LogP contribution in [0, 0.1) is 0 Å². The Hall–Kier alpha value is -3.61. The van der Waals surface area contributed by atoms with Crippen molar-refractivity contribution in [3.05, 3.63) is 65.7 Å². The highest BCUT2D eigenvalue weighted by Gasteiger charge is 2.09. The van der Waals surface area contributed by atoms with Crippen molar-refractivity contribution in [1.82, 2.24) is 10.2 Å². The number of hydrogen-bond acceptors (Lipinski definition) is 6. The van der Waals surface area contributed by atoms with Crippen LogP contribution in [-0.2, 0) is 17.6 Å². The van der Waals surface area contributed by atoms with Crippen molar-refractivity contribution >= 4 is 23.2 Å². The first-order chi connectivity index (χ1) is 14.1. The van der Waals surface area contributed by atoms with E-state index in [4.69, 9.17) is 9.47 Å². The summed E-state index contributed by atoms with van der Waals surface area (Å²) < 4.78 is 10.5. The normalized spacial score (nSPS) is 10.3. The van der Waals surface area contributed by atoms with Crippen molar-refractivity contribution in [1.29, 1.82) is 0 Å². The van der Waals surface area contributed by atoms with Gasteiger partial charge in [-0.2, -0.15) is 0 Å². The molecule has 0 unspecified atom stereocenters. The van der Waals surface area contributed by atoms with E-state index >= 15 is 0 Å². The minimum atomic E-state index is -0.192. The molecule has 0 atom stereocenters. The minimum absolute atomic E-state index is 0.186. The molecule has 3 rings (SSSR count). The first kappa shape index (κ1) is 20.1. The van der Waals surface area contributed by atoms with Crippen molar-refractivity contribution in [2.75, 3.05) is 24.9 Å². The summed E-state index contributed by atoms with van der Waals surface area (Å²) in [7, 11) is 3.13. The third-order valence-corrected chi connectivity index (χ3v) is 4.38. The second kappa shape index (κ2) is 9.54. The Kier molecular flexibility index (Phi) is 6.63. The molecule has 1 aromatic heterocycles. The largest absolute Gasteiger partial charge is 0.493 e. The molecule has 0 saturated carbocycles. The zero-order valence-electron chi connectivity index (χ0n) is 16.7. The number of anilines is 3. The summed E-state index contributed by atoms with van der Waals surface area (Å²) in [5, 5.41) is 14.1. The van der Waals surface area contributed by atoms with Crippen molar-refractivity contribution in [2.45, 2.75) is 19.8 Å². The van der Waals surface area contributed by atoms with E-state index in [2.05, 4.69) is 39.9 Å². The predicted octanol–water partition coefficient (Wildman–Crippen LogP) is 3.98. The molecule has 0 spiro atoms. The topological polar surface area (TPSA) is 85.4 Å². The van der Waals surface area contributed by atoms with Crippen LogP contribution in [0.3, 0.4) is 0 Å². The number of amides is 1. The third kappa shape index (κ3) is 5.44. The molecule has 3 aromatic rings. The molecule has 0 aliphatic carbocycles. The van der Waals surface area contributed by atoms with Gasteiger partial charge in [0.15, 0.2) is 23.1 Å². The van der Waals surface area contributed by atoms with E-state index in [1.165, 1.54) is 5.56 Å². The van der Waals surface area contributed by atoms with Crippen LogP contribution in [0.4, 0.5) is 17.3 Å². The number of aryl methyl sites for hydroxylation is 1. The lowest BCUT2D eigenvalue weighted by molar-refractivity contribution is -0.115. The van der Waals surface area contributed by atoms with Crippen molar-refractivity contribution < 1.29 is 14.3 Å². The minimum Gasteiger partial charge on any atom is -0.493 e. The molecular formula is C22H24N4O3. The van der Waals surface area contributed by atoms with Crippen molar-refractivity contribution in [3.8, 4) is 11.5 Å². The summed E-state index contributed by atoms with van der Waals surface area (Å²) in [6.45, 7) is 2.12. The molecule has 29 heavy (non-hydrogen) atoms. The van der Waals surface area contributed by atoms with E-state index in [1.54, 1.807) is 38.5 Å². The van der Waals surface area contributed by atoms with Gasteiger partial charge in [0.1, 0.15) is 0 Å². The first-order valence-electron chi connectivity index (χ1n) is 9.31. The molecule has 1 amide bonds. The number of hydrogen-bond donors (Lipinski definition) is 2. The van der Waals surface area contributed by atoms with Crippen LogP contribution in [0.5, 0.6) is 11.5 Å². The zero-order valence-corrected chi connectivity index (χ0v) is 16.7. The maximum atomic E-state index is 12.3. The fraction of sp³-hybridized carbons (Fsp3) is 0.227. The van der Waals surface area contributed by atoms with Crippen molar-refractivity contribution in [2.24, 2.45) is 0 Å². The van der Waals surface area contributed by atoms with E-state index in [-0.39, 0.29) is 12.3 Å². The number of aromatic nitrogens is 2. The van der Waals surface area contributed by atoms with Crippen LogP contribution in [0.25, 0.3) is 0 Å². The van der Waals surface area contributed by atoms with Crippen LogP contribution in [0.1, 0.15) is 18.1 Å². The van der Waals surface area contributed by atoms with E-state index in [9.17, 15) is 4.79 Å². The Morgan fingerprint density at radius 3 is 2.14 bits per heavy atom. The van der Waals surface area contributed by atoms with E-state index in [0.29, 0.717) is 23.1 Å². The number of carbonyl (C=O) groups excluding carboxylic acids is 1. The summed E-state index contributed by atoms with van der Waals surface area (Å²) >= 11 is 0. The summed E-state index contributed by atoms with van der Waals surface area (Å²) in [4.78, 5) is 12.3. The van der Waals surface area contributed by atoms with Gasteiger partial charge in [-0.15, -0.1) is 10.2 Å². The van der Waals surface area contributed by atoms with Crippen molar-refractivity contribution in [3.63, 3.8) is 0 Å². The molecule has 0 aliphatic rings. The van der Waals surface area contributed by atoms with Gasteiger partial charge in [0.25, 0.3) is 0 Å². The fourth-order valence-corrected chi connectivity index (χ4v) is 2.80. The number of benzene rings is 2. The molecule has 7 nitrogen and oxygen atoms in total. The van der Waals surface area contributed by atoms with Crippen LogP contribution in [-0.4, -0.2) is 30.3 Å². The van der Waals surface area contributed by atoms with Crippen LogP contribution < -0.4 is 20.1 Å². The molecular weight excluding hydrogens is 368 g/mol. The highest BCUT2D eigenvalue weighted by Crippen LogP contribution is 2.27. The van der Waals surface area contributed by atoms with Crippen LogP contribution in [0.2, 0.25) is 0 Å². The zero-order chi connectivity index (χ0) is 20.6. The van der Waals surface area contributed by atoms with Gasteiger partial charge in [0.05, 0.1) is 20.6 Å². The first-order valence-corrected chi connectivity index (χ1v) is 9.31. The third-order valence-electron chi connectivity index (χ3n) is 4.38. The second-order valence-corrected chi connectivity index (χ2v) is 6.39. The molecule has 2 aromatic carbocycles. The molecule has 0 saturated heterocycles. The lowest BCUT2D eigenvalue weighted by Gasteiger charge is -2.10. The lowest BCUT2D eigenvalue weighted by Crippen LogP contribution is -2.15. The SMILES string of the molecule is CCc1ccc(Nc2ccc(NC(=O)Cc3ccc(OC)c(OC)c3)nn2)cc1. The highest BCUT2D eigenvalue weighted by atomic mass is 16.5. The summed E-state index contributed by atoms with van der Waals surface area (Å²) in [5.41, 5.74) is 3.01. The summed E-state index contributed by atoms with van der Waals surface area (Å²) in [6.07, 6.45) is 1.18. The molecule has 0 fully saturated rings. The molecule has 2 N–H and O–H groups in total. The summed E-state index contributed by atoms with van der Waals surface area (Å²) in [6, 6.07) is 17.0. The van der Waals surface area contributed by atoms with Crippen LogP contribution >= 0.6 is 0 Å². The number of rotatable bonds is 8. The highest BCUT2D eigenvalue weighted by molar-refractivity contribution is 5.91. The second-order valence-electron chi connectivity index (χ2n) is 6.39. The number of nitrogens with one attached hydrogen (secondary N) is 2. The molecule has 0 bridgehead atoms. The number of nitrogens with zero attached hydrogens (tertiary/aromatic N) is 2. The van der Waals surface area contributed by atoms with Gasteiger partial charge in [0.2, 0.25) is 5.91 Å². The maximum absolute atomic E-state index is 12.3. The fourth-order valence-electron chi connectivity index (χ4n) is 2.80. The van der Waals surface area contributed by atoms with Gasteiger partial charge < -0.3 is 20.1 Å². The average Bonchev–Trinajstić information content (AvgIpc) is 2.75. The van der Waals surface area contributed by atoms with E-state index in [0.717, 1.165) is 17.7 Å². The summed E-state index contributed by atoms with van der Waals surface area (Å²) in [5.74, 6) is 2.01. The smallest absolute Gasteiger partial charge is 0.229 e. The predicted molar refractivity (Wildman–Crippen MR) is 113 cm³/mol. The van der Waals surface area contributed by atoms with Gasteiger partial charge in [-0.25, -0.2) is 0 Å². The molecule has 150 valence electrons. The average molecular weight is 392 g/mol.